The second-order valence-corrected chi connectivity index (χ2v) is 8.37. The molecule has 0 unspecified atom stereocenters. The Morgan fingerprint density at radius 3 is 2.25 bits per heavy atom. The lowest BCUT2D eigenvalue weighted by molar-refractivity contribution is 0.103. The summed E-state index contributed by atoms with van der Waals surface area (Å²) in [5.74, 6) is -2.78. The molecule has 180 valence electrons. The summed E-state index contributed by atoms with van der Waals surface area (Å²) in [4.78, 5) is 20.0. The Labute approximate surface area is 212 Å². The summed E-state index contributed by atoms with van der Waals surface area (Å²) in [6, 6.07) is 19.0. The Bertz CT molecular complexity index is 1480. The highest BCUT2D eigenvalue weighted by Crippen LogP contribution is 2.26. The molecule has 2 heterocycles. The lowest BCUT2D eigenvalue weighted by Gasteiger charge is -2.07. The van der Waals surface area contributed by atoms with E-state index in [1.165, 1.54) is 42.9 Å². The summed E-state index contributed by atoms with van der Waals surface area (Å²) >= 11 is 3.18. The van der Waals surface area contributed by atoms with E-state index in [0.29, 0.717) is 11.3 Å². The van der Waals surface area contributed by atoms with E-state index in [4.69, 9.17) is 0 Å². The lowest BCUT2D eigenvalue weighted by atomic mass is 10.1. The SMILES string of the molecule is Fc1ccc(Br)cc1.O=C(c1cccc(F)c1)c1cn(-c2cccc(-c3c(F)ccnc3F)c2)cn1. The van der Waals surface area contributed by atoms with Gasteiger partial charge in [-0.25, -0.2) is 23.1 Å². The van der Waals surface area contributed by atoms with Gasteiger partial charge in [-0.05, 0) is 60.2 Å². The van der Waals surface area contributed by atoms with Crippen LogP contribution in [-0.4, -0.2) is 20.3 Å². The maximum Gasteiger partial charge on any atom is 0.223 e. The predicted molar refractivity (Wildman–Crippen MR) is 131 cm³/mol. The molecule has 0 spiro atoms. The first-order chi connectivity index (χ1) is 17.3. The van der Waals surface area contributed by atoms with E-state index in [0.717, 1.165) is 22.8 Å². The molecule has 3 aromatic carbocycles. The van der Waals surface area contributed by atoms with Crippen LogP contribution in [-0.2, 0) is 0 Å². The number of pyridine rings is 1. The molecule has 0 saturated carbocycles. The standard InChI is InChI=1S/C21H12F3N3O.C6H4BrF/c22-15-5-1-4-14(9-15)20(28)18-11-27(12-26-18)16-6-2-3-13(10-16)19-17(23)7-8-25-21(19)24;7-5-1-3-6(8)4-2-5/h1-12H;1-4H. The zero-order valence-corrected chi connectivity index (χ0v) is 20.0. The van der Waals surface area contributed by atoms with Crippen LogP contribution in [0.15, 0.2) is 102 Å². The van der Waals surface area contributed by atoms with E-state index >= 15 is 0 Å². The van der Waals surface area contributed by atoms with Crippen molar-refractivity contribution in [2.75, 3.05) is 0 Å². The van der Waals surface area contributed by atoms with E-state index in [2.05, 4.69) is 25.9 Å². The van der Waals surface area contributed by atoms with E-state index in [1.807, 2.05) is 0 Å². The molecule has 2 aromatic heterocycles. The summed E-state index contributed by atoms with van der Waals surface area (Å²) < 4.78 is 55.8. The monoisotopic (exact) mass is 553 g/mol. The van der Waals surface area contributed by atoms with E-state index < -0.39 is 23.4 Å². The molecule has 4 nitrogen and oxygen atoms in total. The van der Waals surface area contributed by atoms with Crippen molar-refractivity contribution < 1.29 is 22.4 Å². The number of carbonyl (C=O) groups excluding carboxylic acids is 1. The molecule has 0 atom stereocenters. The molecule has 0 amide bonds. The fourth-order valence-electron chi connectivity index (χ4n) is 3.28. The van der Waals surface area contributed by atoms with Crippen LogP contribution in [0.2, 0.25) is 0 Å². The number of ketones is 1. The van der Waals surface area contributed by atoms with Gasteiger partial charge in [0.2, 0.25) is 11.7 Å². The van der Waals surface area contributed by atoms with Crippen molar-refractivity contribution in [3.63, 3.8) is 0 Å². The summed E-state index contributed by atoms with van der Waals surface area (Å²) in [7, 11) is 0. The topological polar surface area (TPSA) is 47.8 Å². The minimum absolute atomic E-state index is 0.120. The first-order valence-electron chi connectivity index (χ1n) is 10.5. The molecule has 0 radical (unpaired) electrons. The van der Waals surface area contributed by atoms with Gasteiger partial charge in [0.05, 0.1) is 5.56 Å². The maximum absolute atomic E-state index is 14.0. The third-order valence-corrected chi connectivity index (χ3v) is 5.52. The molecular weight excluding hydrogens is 538 g/mol. The second-order valence-electron chi connectivity index (χ2n) is 7.45. The molecule has 0 bridgehead atoms. The predicted octanol–water partition coefficient (Wildman–Crippen LogP) is 7.17. The van der Waals surface area contributed by atoms with Crippen LogP contribution in [0, 0.1) is 23.4 Å². The molecule has 0 aliphatic carbocycles. The number of rotatable bonds is 4. The molecule has 5 aromatic rings. The van der Waals surface area contributed by atoms with Gasteiger partial charge >= 0.3 is 0 Å². The van der Waals surface area contributed by atoms with Crippen LogP contribution in [0.4, 0.5) is 17.6 Å². The highest BCUT2D eigenvalue weighted by Gasteiger charge is 2.15. The number of hydrogen-bond donors (Lipinski definition) is 0. The van der Waals surface area contributed by atoms with Crippen molar-refractivity contribution in [3.8, 4) is 16.8 Å². The molecule has 0 aliphatic heterocycles. The fourth-order valence-corrected chi connectivity index (χ4v) is 3.55. The number of aromatic nitrogens is 3. The molecule has 0 aliphatic rings. The summed E-state index contributed by atoms with van der Waals surface area (Å²) in [5, 5.41) is 0. The van der Waals surface area contributed by atoms with Crippen molar-refractivity contribution in [1.82, 2.24) is 14.5 Å². The minimum atomic E-state index is -0.912. The Kier molecular flexibility index (Phi) is 7.70. The highest BCUT2D eigenvalue weighted by molar-refractivity contribution is 9.10. The average molecular weight is 554 g/mol. The second kappa shape index (κ2) is 11.1. The zero-order valence-electron chi connectivity index (χ0n) is 18.4. The number of benzene rings is 3. The fraction of sp³-hybridized carbons (Fsp3) is 0. The van der Waals surface area contributed by atoms with Crippen LogP contribution in [0.3, 0.4) is 0 Å². The molecule has 5 rings (SSSR count). The van der Waals surface area contributed by atoms with Gasteiger partial charge in [0.25, 0.3) is 0 Å². The van der Waals surface area contributed by atoms with Crippen LogP contribution in [0.25, 0.3) is 16.8 Å². The number of imidazole rings is 1. The van der Waals surface area contributed by atoms with Crippen molar-refractivity contribution in [2.45, 2.75) is 0 Å². The van der Waals surface area contributed by atoms with Gasteiger partial charge in [-0.3, -0.25) is 4.79 Å². The average Bonchev–Trinajstić information content (AvgIpc) is 3.36. The number of hydrogen-bond acceptors (Lipinski definition) is 3. The summed E-state index contributed by atoms with van der Waals surface area (Å²) in [5.41, 5.74) is 0.909. The van der Waals surface area contributed by atoms with E-state index in [-0.39, 0.29) is 22.6 Å². The molecular formula is C27H16BrF4N3O. The Morgan fingerprint density at radius 1 is 0.806 bits per heavy atom. The smallest absolute Gasteiger partial charge is 0.223 e. The largest absolute Gasteiger partial charge is 0.306 e. The third kappa shape index (κ3) is 5.92. The van der Waals surface area contributed by atoms with Crippen LogP contribution in [0.5, 0.6) is 0 Å². The quantitative estimate of drug-likeness (QED) is 0.135. The molecule has 0 saturated heterocycles. The minimum Gasteiger partial charge on any atom is -0.306 e. The van der Waals surface area contributed by atoms with Crippen LogP contribution < -0.4 is 0 Å². The molecule has 36 heavy (non-hydrogen) atoms. The first-order valence-corrected chi connectivity index (χ1v) is 11.3. The number of nitrogens with zero attached hydrogens (tertiary/aromatic N) is 3. The summed E-state index contributed by atoms with van der Waals surface area (Å²) in [6.45, 7) is 0. The van der Waals surface area contributed by atoms with Crippen LogP contribution >= 0.6 is 15.9 Å². The Morgan fingerprint density at radius 2 is 1.56 bits per heavy atom. The number of carbonyl (C=O) groups is 1. The van der Waals surface area contributed by atoms with Crippen molar-refractivity contribution in [3.05, 3.63) is 137 Å². The highest BCUT2D eigenvalue weighted by atomic mass is 79.9. The van der Waals surface area contributed by atoms with Crippen LogP contribution in [0.1, 0.15) is 16.1 Å². The Hall–Kier alpha value is -4.11. The third-order valence-electron chi connectivity index (χ3n) is 4.99. The maximum atomic E-state index is 14.0. The van der Waals surface area contributed by atoms with Gasteiger partial charge < -0.3 is 4.57 Å². The van der Waals surface area contributed by atoms with Gasteiger partial charge in [-0.1, -0.05) is 40.2 Å². The zero-order chi connectivity index (χ0) is 25.7. The van der Waals surface area contributed by atoms with Gasteiger partial charge in [-0.15, -0.1) is 0 Å². The molecule has 9 heteroatoms. The van der Waals surface area contributed by atoms with Gasteiger partial charge in [0.1, 0.15) is 29.5 Å². The van der Waals surface area contributed by atoms with Gasteiger partial charge in [-0.2, -0.15) is 4.39 Å². The number of halogens is 5. The van der Waals surface area contributed by atoms with Gasteiger partial charge in [0.15, 0.2) is 0 Å². The lowest BCUT2D eigenvalue weighted by Crippen LogP contribution is -2.02. The Balaban J connectivity index is 0.000000325. The van der Waals surface area contributed by atoms with Gasteiger partial charge in [0, 0.05) is 28.1 Å². The summed E-state index contributed by atoms with van der Waals surface area (Å²) in [6.07, 6.45) is 3.93. The van der Waals surface area contributed by atoms with Crippen molar-refractivity contribution in [1.29, 1.82) is 0 Å². The van der Waals surface area contributed by atoms with Crippen molar-refractivity contribution in [2.24, 2.45) is 0 Å². The normalized spacial score (nSPS) is 10.5. The van der Waals surface area contributed by atoms with Crippen molar-refractivity contribution >= 4 is 21.7 Å². The molecule has 0 N–H and O–H groups in total. The first kappa shape index (κ1) is 25.0. The van der Waals surface area contributed by atoms with E-state index in [1.54, 1.807) is 41.0 Å². The van der Waals surface area contributed by atoms with E-state index in [9.17, 15) is 22.4 Å². The molecule has 0 fully saturated rings.